The number of hydrogen-bond acceptors (Lipinski definition) is 5. The Morgan fingerprint density at radius 2 is 1.91 bits per heavy atom. The lowest BCUT2D eigenvalue weighted by atomic mass is 10.1. The summed E-state index contributed by atoms with van der Waals surface area (Å²) in [6, 6.07) is 13.4. The highest BCUT2D eigenvalue weighted by Gasteiger charge is 2.08. The Balaban J connectivity index is 1.53. The van der Waals surface area contributed by atoms with E-state index in [9.17, 15) is 9.59 Å². The van der Waals surface area contributed by atoms with Gasteiger partial charge in [-0.3, -0.25) is 9.59 Å². The molecule has 0 atom stereocenters. The van der Waals surface area contributed by atoms with Crippen LogP contribution in [0.5, 0.6) is 0 Å². The van der Waals surface area contributed by atoms with E-state index in [-0.39, 0.29) is 24.8 Å². The first-order valence-electron chi connectivity index (χ1n) is 7.05. The van der Waals surface area contributed by atoms with Crippen molar-refractivity contribution in [3.05, 3.63) is 53.5 Å². The van der Waals surface area contributed by atoms with Crippen molar-refractivity contribution in [3.8, 4) is 0 Å². The van der Waals surface area contributed by atoms with Crippen molar-refractivity contribution in [1.29, 1.82) is 0 Å². The van der Waals surface area contributed by atoms with Crippen molar-refractivity contribution < 1.29 is 9.59 Å². The van der Waals surface area contributed by atoms with Gasteiger partial charge < -0.3 is 10.6 Å². The van der Waals surface area contributed by atoms with Crippen LogP contribution < -0.4 is 10.6 Å². The molecule has 0 aliphatic carbocycles. The van der Waals surface area contributed by atoms with Crippen LogP contribution >= 0.6 is 11.3 Å². The van der Waals surface area contributed by atoms with Gasteiger partial charge in [-0.05, 0) is 22.9 Å². The van der Waals surface area contributed by atoms with Gasteiger partial charge >= 0.3 is 0 Å². The molecule has 0 saturated carbocycles. The molecule has 2 N–H and O–H groups in total. The first kappa shape index (κ1) is 15.1. The molecule has 0 unspecified atom stereocenters. The average Bonchev–Trinajstić information content (AvgIpc) is 3.07. The van der Waals surface area contributed by atoms with E-state index in [1.54, 1.807) is 6.07 Å². The van der Waals surface area contributed by atoms with Gasteiger partial charge in [0.25, 0.3) is 5.91 Å². The minimum absolute atomic E-state index is 0.179. The van der Waals surface area contributed by atoms with Gasteiger partial charge in [-0.2, -0.15) is 0 Å². The average molecular weight is 326 g/mol. The Bertz CT molecular complexity index is 833. The van der Waals surface area contributed by atoms with Crippen molar-refractivity contribution in [2.45, 2.75) is 6.42 Å². The molecule has 3 rings (SSSR count). The summed E-state index contributed by atoms with van der Waals surface area (Å²) in [7, 11) is 0. The summed E-state index contributed by atoms with van der Waals surface area (Å²) in [6.07, 6.45) is 0.179. The van der Waals surface area contributed by atoms with Crippen LogP contribution in [0.3, 0.4) is 0 Å². The van der Waals surface area contributed by atoms with Crippen molar-refractivity contribution in [3.63, 3.8) is 0 Å². The predicted octanol–water partition coefficient (Wildman–Crippen LogP) is 2.45. The number of carbonyl (C=O) groups is 2. The number of nitrogens with one attached hydrogen (secondary N) is 2. The third kappa shape index (κ3) is 3.89. The second-order valence-electron chi connectivity index (χ2n) is 4.86. The normalized spacial score (nSPS) is 10.4. The zero-order valence-electron chi connectivity index (χ0n) is 12.2. The van der Waals surface area contributed by atoms with Crippen molar-refractivity contribution in [2.24, 2.45) is 0 Å². The maximum atomic E-state index is 12.1. The topological polar surface area (TPSA) is 84.0 Å². The molecule has 1 aromatic heterocycles. The zero-order valence-corrected chi connectivity index (χ0v) is 13.0. The summed E-state index contributed by atoms with van der Waals surface area (Å²) in [5, 5.41) is 15.3. The van der Waals surface area contributed by atoms with Crippen LogP contribution in [0.15, 0.2) is 48.0 Å². The summed E-state index contributed by atoms with van der Waals surface area (Å²) < 4.78 is 0. The zero-order chi connectivity index (χ0) is 16.1. The molecule has 0 aliphatic heterocycles. The van der Waals surface area contributed by atoms with Gasteiger partial charge in [-0.25, -0.2) is 0 Å². The Hall–Kier alpha value is -2.80. The molecule has 6 nitrogen and oxygen atoms in total. The molecule has 0 bridgehead atoms. The number of benzene rings is 2. The van der Waals surface area contributed by atoms with E-state index >= 15 is 0 Å². The second kappa shape index (κ2) is 6.97. The molecule has 2 aromatic carbocycles. The Kier molecular flexibility index (Phi) is 4.58. The number of anilines is 1. The van der Waals surface area contributed by atoms with E-state index in [0.717, 1.165) is 10.8 Å². The van der Waals surface area contributed by atoms with Gasteiger partial charge in [0.15, 0.2) is 0 Å². The molecular formula is C16H14N4O2S. The Morgan fingerprint density at radius 3 is 2.70 bits per heavy atom. The minimum atomic E-state index is -0.208. The van der Waals surface area contributed by atoms with Gasteiger partial charge in [0.1, 0.15) is 5.51 Å². The summed E-state index contributed by atoms with van der Waals surface area (Å²) >= 11 is 1.25. The van der Waals surface area contributed by atoms with Gasteiger partial charge in [-0.15, -0.1) is 10.2 Å². The van der Waals surface area contributed by atoms with E-state index in [0.29, 0.717) is 10.7 Å². The highest BCUT2D eigenvalue weighted by Crippen LogP contribution is 2.15. The molecule has 23 heavy (non-hydrogen) atoms. The molecule has 0 spiro atoms. The standard InChI is InChI=1S/C16H14N4O2S/c21-14(19-16-20-18-10-23-16)7-8-17-15(22)13-6-5-11-3-1-2-4-12(11)9-13/h1-6,9-10H,7-8H2,(H,17,22)(H,19,20,21). The van der Waals surface area contributed by atoms with Crippen LogP contribution in [-0.4, -0.2) is 28.6 Å². The fourth-order valence-electron chi connectivity index (χ4n) is 2.13. The van der Waals surface area contributed by atoms with Crippen LogP contribution in [0.1, 0.15) is 16.8 Å². The fraction of sp³-hybridized carbons (Fsp3) is 0.125. The molecule has 7 heteroatoms. The van der Waals surface area contributed by atoms with Crippen LogP contribution in [-0.2, 0) is 4.79 Å². The molecule has 0 fully saturated rings. The molecule has 116 valence electrons. The molecular weight excluding hydrogens is 312 g/mol. The number of amides is 2. The highest BCUT2D eigenvalue weighted by atomic mass is 32.1. The summed E-state index contributed by atoms with van der Waals surface area (Å²) in [4.78, 5) is 23.8. The molecule has 2 amide bonds. The van der Waals surface area contributed by atoms with Crippen LogP contribution in [0, 0.1) is 0 Å². The van der Waals surface area contributed by atoms with E-state index < -0.39 is 0 Å². The number of aromatic nitrogens is 2. The maximum absolute atomic E-state index is 12.1. The lowest BCUT2D eigenvalue weighted by Gasteiger charge is -2.06. The summed E-state index contributed by atoms with van der Waals surface area (Å²) in [6.45, 7) is 0.260. The minimum Gasteiger partial charge on any atom is -0.352 e. The van der Waals surface area contributed by atoms with E-state index in [2.05, 4.69) is 20.8 Å². The SMILES string of the molecule is O=C(CCNC(=O)c1ccc2ccccc2c1)Nc1nncs1. The number of rotatable bonds is 5. The molecule has 3 aromatic rings. The molecule has 1 heterocycles. The summed E-state index contributed by atoms with van der Waals surface area (Å²) in [5.41, 5.74) is 2.12. The van der Waals surface area contributed by atoms with Crippen molar-refractivity contribution >= 4 is 39.1 Å². The van der Waals surface area contributed by atoms with Gasteiger partial charge in [0, 0.05) is 18.5 Å². The number of hydrogen-bond donors (Lipinski definition) is 2. The van der Waals surface area contributed by atoms with Crippen LogP contribution in [0.4, 0.5) is 5.13 Å². The monoisotopic (exact) mass is 326 g/mol. The predicted molar refractivity (Wildman–Crippen MR) is 89.4 cm³/mol. The Morgan fingerprint density at radius 1 is 1.09 bits per heavy atom. The third-order valence-electron chi connectivity index (χ3n) is 3.26. The van der Waals surface area contributed by atoms with E-state index in [4.69, 9.17) is 0 Å². The smallest absolute Gasteiger partial charge is 0.251 e. The lowest BCUT2D eigenvalue weighted by Crippen LogP contribution is -2.27. The van der Waals surface area contributed by atoms with Crippen LogP contribution in [0.2, 0.25) is 0 Å². The van der Waals surface area contributed by atoms with Gasteiger partial charge in [0.2, 0.25) is 11.0 Å². The number of nitrogens with zero attached hydrogens (tertiary/aromatic N) is 2. The van der Waals surface area contributed by atoms with Crippen molar-refractivity contribution in [2.75, 3.05) is 11.9 Å². The fourth-order valence-corrected chi connectivity index (χ4v) is 2.59. The number of fused-ring (bicyclic) bond motifs is 1. The van der Waals surface area contributed by atoms with Gasteiger partial charge in [-0.1, -0.05) is 41.7 Å². The first-order chi connectivity index (χ1) is 11.2. The molecule has 0 radical (unpaired) electrons. The Labute approximate surface area is 136 Å². The molecule has 0 saturated heterocycles. The second-order valence-corrected chi connectivity index (χ2v) is 5.69. The molecule has 0 aliphatic rings. The first-order valence-corrected chi connectivity index (χ1v) is 7.93. The third-order valence-corrected chi connectivity index (χ3v) is 3.86. The number of carbonyl (C=O) groups excluding carboxylic acids is 2. The maximum Gasteiger partial charge on any atom is 0.251 e. The quantitative estimate of drug-likeness (QED) is 0.754. The van der Waals surface area contributed by atoms with Crippen LogP contribution in [0.25, 0.3) is 10.8 Å². The van der Waals surface area contributed by atoms with Gasteiger partial charge in [0.05, 0.1) is 0 Å². The van der Waals surface area contributed by atoms with Crippen molar-refractivity contribution in [1.82, 2.24) is 15.5 Å². The largest absolute Gasteiger partial charge is 0.352 e. The lowest BCUT2D eigenvalue weighted by molar-refractivity contribution is -0.116. The van der Waals surface area contributed by atoms with E-state index in [1.165, 1.54) is 16.8 Å². The van der Waals surface area contributed by atoms with E-state index in [1.807, 2.05) is 36.4 Å². The summed E-state index contributed by atoms with van der Waals surface area (Å²) in [5.74, 6) is -0.403. The highest BCUT2D eigenvalue weighted by molar-refractivity contribution is 7.13.